The molecule has 1 heterocycles. The first-order valence-corrected chi connectivity index (χ1v) is 9.61. The van der Waals surface area contributed by atoms with Gasteiger partial charge < -0.3 is 40.1 Å². The molecule has 0 fully saturated rings. The van der Waals surface area contributed by atoms with Crippen LogP contribution in [-0.4, -0.2) is 42.7 Å². The molecule has 3 aromatic carbocycles. The normalized spacial score (nSPS) is 17.3. The van der Waals surface area contributed by atoms with Crippen molar-refractivity contribution >= 4 is 5.97 Å². The van der Waals surface area contributed by atoms with Crippen LogP contribution in [0.25, 0.3) is 0 Å². The fourth-order valence-corrected chi connectivity index (χ4v) is 3.64. The highest BCUT2D eigenvalue weighted by Gasteiger charge is 2.37. The third-order valence-corrected chi connectivity index (χ3v) is 5.27. The van der Waals surface area contributed by atoms with Crippen molar-refractivity contribution in [3.8, 4) is 40.2 Å². The first-order valence-electron chi connectivity index (χ1n) is 9.61. The Morgan fingerprint density at radius 1 is 0.906 bits per heavy atom. The van der Waals surface area contributed by atoms with E-state index >= 15 is 0 Å². The van der Waals surface area contributed by atoms with Crippen molar-refractivity contribution in [1.29, 1.82) is 0 Å². The lowest BCUT2D eigenvalue weighted by Crippen LogP contribution is -2.34. The quantitative estimate of drug-likeness (QED) is 0.266. The van der Waals surface area contributed by atoms with E-state index in [-0.39, 0.29) is 46.3 Å². The van der Waals surface area contributed by atoms with E-state index in [1.807, 2.05) is 0 Å². The van der Waals surface area contributed by atoms with Gasteiger partial charge in [0.15, 0.2) is 29.1 Å². The SMILES string of the molecule is Cc1cc(C(=O)O[C@@H]2Cc3c(O)cc(O)cc3O[C@H]2c2ccc(O)c(O)c2)cc(O)c1O. The summed E-state index contributed by atoms with van der Waals surface area (Å²) in [6, 6.07) is 8.85. The summed E-state index contributed by atoms with van der Waals surface area (Å²) in [4.78, 5) is 12.8. The second-order valence-electron chi connectivity index (χ2n) is 7.54. The highest BCUT2D eigenvalue weighted by atomic mass is 16.6. The van der Waals surface area contributed by atoms with E-state index in [0.717, 1.165) is 12.1 Å². The van der Waals surface area contributed by atoms with Gasteiger partial charge in [0.25, 0.3) is 0 Å². The van der Waals surface area contributed by atoms with E-state index < -0.39 is 29.7 Å². The molecule has 0 aromatic heterocycles. The molecule has 0 radical (unpaired) electrons. The first kappa shape index (κ1) is 21.0. The second-order valence-corrected chi connectivity index (χ2v) is 7.54. The van der Waals surface area contributed by atoms with E-state index in [1.165, 1.54) is 37.3 Å². The number of carbonyl (C=O) groups is 1. The molecular weight excluding hydrogens is 420 g/mol. The number of hydrogen-bond donors (Lipinski definition) is 6. The van der Waals surface area contributed by atoms with Crippen molar-refractivity contribution in [1.82, 2.24) is 0 Å². The van der Waals surface area contributed by atoms with Crippen LogP contribution < -0.4 is 4.74 Å². The van der Waals surface area contributed by atoms with Crippen LogP contribution in [0.15, 0.2) is 42.5 Å². The number of phenols is 6. The van der Waals surface area contributed by atoms with Crippen LogP contribution in [-0.2, 0) is 11.2 Å². The highest BCUT2D eigenvalue weighted by molar-refractivity contribution is 5.90. The van der Waals surface area contributed by atoms with Gasteiger partial charge in [-0.15, -0.1) is 0 Å². The zero-order valence-electron chi connectivity index (χ0n) is 16.8. The Morgan fingerprint density at radius 3 is 2.34 bits per heavy atom. The minimum Gasteiger partial charge on any atom is -0.508 e. The molecule has 4 rings (SSSR count). The fraction of sp³-hybridized carbons (Fsp3) is 0.174. The number of phenolic OH excluding ortho intramolecular Hbond substituents is 6. The third kappa shape index (κ3) is 3.76. The van der Waals surface area contributed by atoms with Gasteiger partial charge in [0.05, 0.1) is 5.56 Å². The van der Waals surface area contributed by atoms with Crippen molar-refractivity contribution in [2.24, 2.45) is 0 Å². The molecule has 0 saturated heterocycles. The van der Waals surface area contributed by atoms with Crippen LogP contribution >= 0.6 is 0 Å². The summed E-state index contributed by atoms with van der Waals surface area (Å²) < 4.78 is 11.5. The van der Waals surface area contributed by atoms with Gasteiger partial charge in [-0.05, 0) is 36.8 Å². The Morgan fingerprint density at radius 2 is 1.66 bits per heavy atom. The lowest BCUT2D eigenvalue weighted by molar-refractivity contribution is -0.0188. The second kappa shape index (κ2) is 7.77. The van der Waals surface area contributed by atoms with E-state index in [1.54, 1.807) is 0 Å². The summed E-state index contributed by atoms with van der Waals surface area (Å²) in [5.41, 5.74) is 0.946. The number of hydrogen-bond acceptors (Lipinski definition) is 9. The van der Waals surface area contributed by atoms with Gasteiger partial charge in [-0.1, -0.05) is 6.07 Å². The van der Waals surface area contributed by atoms with Gasteiger partial charge >= 0.3 is 5.97 Å². The van der Waals surface area contributed by atoms with Crippen molar-refractivity contribution in [2.75, 3.05) is 0 Å². The summed E-state index contributed by atoms with van der Waals surface area (Å²) in [6.45, 7) is 1.51. The summed E-state index contributed by atoms with van der Waals surface area (Å²) in [5.74, 6) is -2.68. The molecule has 0 saturated carbocycles. The van der Waals surface area contributed by atoms with Crippen LogP contribution in [0.4, 0.5) is 0 Å². The number of esters is 1. The molecule has 166 valence electrons. The zero-order valence-corrected chi connectivity index (χ0v) is 16.8. The van der Waals surface area contributed by atoms with Gasteiger partial charge in [-0.3, -0.25) is 0 Å². The minimum absolute atomic E-state index is 0.00849. The number of benzene rings is 3. The Bertz CT molecular complexity index is 1200. The van der Waals surface area contributed by atoms with Crippen LogP contribution in [0.3, 0.4) is 0 Å². The molecule has 0 spiro atoms. The van der Waals surface area contributed by atoms with Crippen molar-refractivity contribution in [3.63, 3.8) is 0 Å². The van der Waals surface area contributed by atoms with Crippen molar-refractivity contribution in [3.05, 3.63) is 64.7 Å². The topological polar surface area (TPSA) is 157 Å². The van der Waals surface area contributed by atoms with Crippen molar-refractivity contribution < 1.29 is 44.9 Å². The Hall–Kier alpha value is -4.27. The number of rotatable bonds is 3. The monoisotopic (exact) mass is 440 g/mol. The standard InChI is InChI=1S/C23H20O9/c1-10-4-12(6-18(28)21(10)29)23(30)32-20-9-14-16(26)7-13(24)8-19(14)31-22(20)11-2-3-15(25)17(27)5-11/h2-8,20,22,24-29H,9H2,1H3/t20-,22+/m1/s1. The highest BCUT2D eigenvalue weighted by Crippen LogP contribution is 2.44. The minimum atomic E-state index is -0.981. The van der Waals surface area contributed by atoms with Crippen LogP contribution in [0.5, 0.6) is 40.2 Å². The summed E-state index contributed by atoms with van der Waals surface area (Å²) in [7, 11) is 0. The van der Waals surface area contributed by atoms with E-state index in [2.05, 4.69) is 0 Å². The summed E-state index contributed by atoms with van der Waals surface area (Å²) >= 11 is 0. The predicted molar refractivity (Wildman–Crippen MR) is 110 cm³/mol. The van der Waals surface area contributed by atoms with E-state index in [9.17, 15) is 35.4 Å². The maximum absolute atomic E-state index is 12.8. The van der Waals surface area contributed by atoms with Gasteiger partial charge in [0.2, 0.25) is 0 Å². The molecule has 32 heavy (non-hydrogen) atoms. The molecule has 1 aliphatic rings. The molecule has 0 bridgehead atoms. The van der Waals surface area contributed by atoms with Crippen LogP contribution in [0.1, 0.15) is 33.2 Å². The number of aryl methyl sites for hydroxylation is 1. The largest absolute Gasteiger partial charge is 0.508 e. The lowest BCUT2D eigenvalue weighted by Gasteiger charge is -2.34. The molecular formula is C23H20O9. The average Bonchev–Trinajstić information content (AvgIpc) is 2.73. The Balaban J connectivity index is 1.72. The van der Waals surface area contributed by atoms with E-state index in [4.69, 9.17) is 9.47 Å². The Kier molecular flexibility index (Phi) is 5.09. The third-order valence-electron chi connectivity index (χ3n) is 5.27. The molecule has 1 aliphatic heterocycles. The smallest absolute Gasteiger partial charge is 0.338 e. The maximum atomic E-state index is 12.8. The van der Waals surface area contributed by atoms with Gasteiger partial charge in [0, 0.05) is 29.7 Å². The zero-order chi connectivity index (χ0) is 23.2. The average molecular weight is 440 g/mol. The molecule has 9 nitrogen and oxygen atoms in total. The summed E-state index contributed by atoms with van der Waals surface area (Å²) in [5, 5.41) is 59.1. The Labute approximate surface area is 182 Å². The van der Waals surface area contributed by atoms with Gasteiger partial charge in [0.1, 0.15) is 23.4 Å². The van der Waals surface area contributed by atoms with Crippen LogP contribution in [0, 0.1) is 6.92 Å². The van der Waals surface area contributed by atoms with Crippen molar-refractivity contribution in [2.45, 2.75) is 25.6 Å². The molecule has 9 heteroatoms. The number of aromatic hydroxyl groups is 6. The number of ether oxygens (including phenoxy) is 2. The number of fused-ring (bicyclic) bond motifs is 1. The summed E-state index contributed by atoms with van der Waals surface area (Å²) in [6.07, 6.45) is -1.92. The molecule has 0 aliphatic carbocycles. The van der Waals surface area contributed by atoms with E-state index in [0.29, 0.717) is 11.1 Å². The molecule has 6 N–H and O–H groups in total. The molecule has 3 aromatic rings. The predicted octanol–water partition coefficient (Wildman–Crippen LogP) is 3.13. The maximum Gasteiger partial charge on any atom is 0.338 e. The van der Waals surface area contributed by atoms with Gasteiger partial charge in [-0.2, -0.15) is 0 Å². The number of carbonyl (C=O) groups excluding carboxylic acids is 1. The molecule has 0 amide bonds. The molecule has 0 unspecified atom stereocenters. The molecule has 2 atom stereocenters. The lowest BCUT2D eigenvalue weighted by atomic mass is 9.93. The van der Waals surface area contributed by atoms with Crippen LogP contribution in [0.2, 0.25) is 0 Å². The van der Waals surface area contributed by atoms with Gasteiger partial charge in [-0.25, -0.2) is 4.79 Å². The fourth-order valence-electron chi connectivity index (χ4n) is 3.64. The first-order chi connectivity index (χ1) is 15.1.